The normalized spacial score (nSPS) is 17.7. The van der Waals surface area contributed by atoms with Crippen LogP contribution in [0.5, 0.6) is 0 Å². The van der Waals surface area contributed by atoms with Crippen molar-refractivity contribution in [3.8, 4) is 0 Å². The molecule has 0 fully saturated rings. The Morgan fingerprint density at radius 3 is 2.64 bits per heavy atom. The van der Waals surface area contributed by atoms with Crippen molar-refractivity contribution in [1.29, 1.82) is 0 Å². The summed E-state index contributed by atoms with van der Waals surface area (Å²) in [5, 5.41) is 0. The molecule has 2 rings (SSSR count). The lowest BCUT2D eigenvalue weighted by molar-refractivity contribution is 0.0985. The molecule has 1 aromatic carbocycles. The molecule has 0 spiro atoms. The molecule has 14 heavy (non-hydrogen) atoms. The lowest BCUT2D eigenvalue weighted by Crippen LogP contribution is -2.20. The van der Waals surface area contributed by atoms with Gasteiger partial charge in [0.05, 0.1) is 10.0 Å². The topological polar surface area (TPSA) is 63.2 Å². The van der Waals surface area contributed by atoms with Crippen LogP contribution in [0.1, 0.15) is 10.4 Å². The van der Waals surface area contributed by atoms with E-state index < -0.39 is 21.7 Å². The second-order valence-electron chi connectivity index (χ2n) is 2.67. The molecule has 1 amide bonds. The lowest BCUT2D eigenvalue weighted by Gasteiger charge is -1.99. The van der Waals surface area contributed by atoms with Gasteiger partial charge < -0.3 is 0 Å². The van der Waals surface area contributed by atoms with Crippen LogP contribution in [0.2, 0.25) is 0 Å². The van der Waals surface area contributed by atoms with Gasteiger partial charge in [-0.05, 0) is 28.1 Å². The van der Waals surface area contributed by atoms with Crippen molar-refractivity contribution in [3.63, 3.8) is 0 Å². The second kappa shape index (κ2) is 2.77. The molecule has 0 bridgehead atoms. The zero-order chi connectivity index (χ0) is 10.5. The molecule has 0 saturated carbocycles. The highest BCUT2D eigenvalue weighted by Crippen LogP contribution is 2.31. The summed E-state index contributed by atoms with van der Waals surface area (Å²) in [6, 6.07) is 2.17. The molecule has 1 aliphatic rings. The van der Waals surface area contributed by atoms with Gasteiger partial charge in [0.25, 0.3) is 15.9 Å². The van der Waals surface area contributed by atoms with E-state index in [1.807, 2.05) is 0 Å². The van der Waals surface area contributed by atoms with E-state index in [2.05, 4.69) is 15.9 Å². The number of amides is 1. The van der Waals surface area contributed by atoms with Crippen molar-refractivity contribution in [1.82, 2.24) is 4.72 Å². The van der Waals surface area contributed by atoms with Crippen LogP contribution in [0, 0.1) is 5.82 Å². The molecule has 0 radical (unpaired) electrons. The summed E-state index contributed by atoms with van der Waals surface area (Å²) in [4.78, 5) is 10.8. The molecule has 0 aromatic heterocycles. The molecular weight excluding hydrogens is 277 g/mol. The average Bonchev–Trinajstić information content (AvgIpc) is 2.29. The minimum Gasteiger partial charge on any atom is -0.268 e. The quantitative estimate of drug-likeness (QED) is 0.771. The summed E-state index contributed by atoms with van der Waals surface area (Å²) in [5.74, 6) is -1.45. The minimum absolute atomic E-state index is 0.0433. The number of fused-ring (bicyclic) bond motifs is 1. The molecule has 1 aromatic rings. The number of rotatable bonds is 0. The van der Waals surface area contributed by atoms with Crippen LogP contribution in [0.25, 0.3) is 0 Å². The third-order valence-corrected chi connectivity index (χ3v) is 4.24. The van der Waals surface area contributed by atoms with E-state index in [0.717, 1.165) is 12.1 Å². The van der Waals surface area contributed by atoms with Gasteiger partial charge >= 0.3 is 0 Å². The van der Waals surface area contributed by atoms with Gasteiger partial charge in [0.1, 0.15) is 10.7 Å². The van der Waals surface area contributed by atoms with Crippen LogP contribution in [-0.2, 0) is 10.0 Å². The van der Waals surface area contributed by atoms with E-state index in [4.69, 9.17) is 0 Å². The van der Waals surface area contributed by atoms with Gasteiger partial charge in [0.2, 0.25) is 0 Å². The number of halogens is 2. The molecule has 1 aliphatic heterocycles. The molecule has 0 unspecified atom stereocenters. The van der Waals surface area contributed by atoms with Crippen LogP contribution in [-0.4, -0.2) is 14.3 Å². The van der Waals surface area contributed by atoms with Crippen LogP contribution < -0.4 is 4.72 Å². The third kappa shape index (κ3) is 1.16. The van der Waals surface area contributed by atoms with Gasteiger partial charge in [0, 0.05) is 0 Å². The third-order valence-electron chi connectivity index (χ3n) is 1.79. The van der Waals surface area contributed by atoms with Gasteiger partial charge in [-0.2, -0.15) is 0 Å². The van der Waals surface area contributed by atoms with Crippen molar-refractivity contribution in [3.05, 3.63) is 28.0 Å². The minimum atomic E-state index is -3.89. The number of hydrogen-bond donors (Lipinski definition) is 1. The second-order valence-corrected chi connectivity index (χ2v) is 5.08. The van der Waals surface area contributed by atoms with Crippen LogP contribution in [0.4, 0.5) is 4.39 Å². The average molecular weight is 280 g/mol. The molecule has 1 N–H and O–H groups in total. The standard InChI is InChI=1S/C7H3BrFNO3S/c8-5-4(9)2-1-3-6(5)14(12,13)10-7(3)11/h1-2H,(H,10,11). The smallest absolute Gasteiger partial charge is 0.266 e. The fourth-order valence-corrected chi connectivity index (χ4v) is 3.43. The monoisotopic (exact) mass is 279 g/mol. The van der Waals surface area contributed by atoms with Crippen molar-refractivity contribution in [2.45, 2.75) is 4.90 Å². The Morgan fingerprint density at radius 1 is 1.36 bits per heavy atom. The largest absolute Gasteiger partial charge is 0.268 e. The SMILES string of the molecule is O=C1NS(=O)(=O)c2c1ccc(F)c2Br. The van der Waals surface area contributed by atoms with E-state index in [1.165, 1.54) is 0 Å². The molecule has 74 valence electrons. The fourth-order valence-electron chi connectivity index (χ4n) is 1.20. The lowest BCUT2D eigenvalue weighted by atomic mass is 10.2. The highest BCUT2D eigenvalue weighted by atomic mass is 79.9. The first-order chi connectivity index (χ1) is 6.43. The first-order valence-electron chi connectivity index (χ1n) is 3.48. The summed E-state index contributed by atoms with van der Waals surface area (Å²) in [6.45, 7) is 0. The van der Waals surface area contributed by atoms with Crippen LogP contribution in [0.3, 0.4) is 0 Å². The Kier molecular flexibility index (Phi) is 1.90. The number of carbonyl (C=O) groups excluding carboxylic acids is 1. The molecule has 0 saturated heterocycles. The number of benzene rings is 1. The molecule has 4 nitrogen and oxygen atoms in total. The summed E-state index contributed by atoms with van der Waals surface area (Å²) in [7, 11) is -3.89. The van der Waals surface area contributed by atoms with Crippen molar-refractivity contribution in [2.24, 2.45) is 0 Å². The van der Waals surface area contributed by atoms with E-state index in [1.54, 1.807) is 4.72 Å². The van der Waals surface area contributed by atoms with E-state index in [0.29, 0.717) is 0 Å². The van der Waals surface area contributed by atoms with Gasteiger partial charge in [-0.25, -0.2) is 17.5 Å². The Labute approximate surface area is 87.3 Å². The molecule has 1 heterocycles. The first-order valence-corrected chi connectivity index (χ1v) is 5.76. The van der Waals surface area contributed by atoms with E-state index in [-0.39, 0.29) is 14.9 Å². The highest BCUT2D eigenvalue weighted by Gasteiger charge is 2.35. The summed E-state index contributed by atoms with van der Waals surface area (Å²) < 4.78 is 37.2. The Bertz CT molecular complexity index is 540. The first kappa shape index (κ1) is 9.60. The summed E-state index contributed by atoms with van der Waals surface area (Å²) in [6.07, 6.45) is 0. The maximum atomic E-state index is 13.0. The van der Waals surface area contributed by atoms with Crippen molar-refractivity contribution in [2.75, 3.05) is 0 Å². The maximum absolute atomic E-state index is 13.0. The van der Waals surface area contributed by atoms with Gasteiger partial charge in [-0.1, -0.05) is 0 Å². The Morgan fingerprint density at radius 2 is 2.00 bits per heavy atom. The fraction of sp³-hybridized carbons (Fsp3) is 0. The molecule has 0 aliphatic carbocycles. The van der Waals surface area contributed by atoms with Gasteiger partial charge in [-0.3, -0.25) is 4.79 Å². The van der Waals surface area contributed by atoms with E-state index >= 15 is 0 Å². The van der Waals surface area contributed by atoms with E-state index in [9.17, 15) is 17.6 Å². The maximum Gasteiger partial charge on any atom is 0.266 e. The summed E-state index contributed by atoms with van der Waals surface area (Å²) >= 11 is 2.79. The van der Waals surface area contributed by atoms with Crippen molar-refractivity contribution >= 4 is 31.9 Å². The Hall–Kier alpha value is -0.950. The number of carbonyl (C=O) groups is 1. The number of hydrogen-bond acceptors (Lipinski definition) is 3. The Balaban J connectivity index is 2.91. The highest BCUT2D eigenvalue weighted by molar-refractivity contribution is 9.10. The predicted molar refractivity (Wildman–Crippen MR) is 48.8 cm³/mol. The van der Waals surface area contributed by atoms with Gasteiger partial charge in [-0.15, -0.1) is 0 Å². The number of sulfonamides is 1. The molecular formula is C7H3BrFNO3S. The van der Waals surface area contributed by atoms with Gasteiger partial charge in [0.15, 0.2) is 0 Å². The van der Waals surface area contributed by atoms with Crippen molar-refractivity contribution < 1.29 is 17.6 Å². The molecule has 0 atom stereocenters. The number of nitrogens with one attached hydrogen (secondary N) is 1. The zero-order valence-electron chi connectivity index (χ0n) is 6.54. The predicted octanol–water partition coefficient (Wildman–Crippen LogP) is 1.02. The van der Waals surface area contributed by atoms with Crippen LogP contribution in [0.15, 0.2) is 21.5 Å². The zero-order valence-corrected chi connectivity index (χ0v) is 8.95. The summed E-state index contributed by atoms with van der Waals surface area (Å²) in [5.41, 5.74) is -0.0433. The molecule has 7 heteroatoms. The van der Waals surface area contributed by atoms with Crippen LogP contribution >= 0.6 is 15.9 Å².